The molecule has 0 saturated heterocycles. The number of nitrogens with two attached hydrogens (primary N) is 1. The number of hydrogen-bond donors (Lipinski definition) is 2. The number of benzene rings is 1. The Labute approximate surface area is 119 Å². The minimum absolute atomic E-state index is 0.00219. The average molecular weight is 281 g/mol. The smallest absolute Gasteiger partial charge is 0.234 e. The highest BCUT2D eigenvalue weighted by molar-refractivity contribution is 6.31. The van der Waals surface area contributed by atoms with E-state index in [1.165, 1.54) is 0 Å². The molecule has 104 valence electrons. The van der Waals surface area contributed by atoms with Gasteiger partial charge in [-0.2, -0.15) is 0 Å². The zero-order chi connectivity index (χ0) is 14.4. The Hall–Kier alpha value is -1.06. The van der Waals surface area contributed by atoms with Gasteiger partial charge in [0.05, 0.1) is 5.41 Å². The number of anilines is 1. The van der Waals surface area contributed by atoms with Crippen LogP contribution in [0.15, 0.2) is 12.1 Å². The Morgan fingerprint density at radius 2 is 2.05 bits per heavy atom. The lowest BCUT2D eigenvalue weighted by molar-refractivity contribution is -0.119. The van der Waals surface area contributed by atoms with Crippen LogP contribution in [0, 0.1) is 5.92 Å². The zero-order valence-corrected chi connectivity index (χ0v) is 12.6. The van der Waals surface area contributed by atoms with E-state index in [-0.39, 0.29) is 11.9 Å². The van der Waals surface area contributed by atoms with Crippen LogP contribution in [-0.4, -0.2) is 5.91 Å². The molecule has 3 N–H and O–H groups in total. The Morgan fingerprint density at radius 1 is 1.42 bits per heavy atom. The standard InChI is InChI=1S/C15H21ClN2O/c1-5-8(2)12(17)10-6-9(16)7-11-13(10)18-14(19)15(11,3)4/h6-8,12H,5,17H2,1-4H3,(H,18,19). The van der Waals surface area contributed by atoms with Gasteiger partial charge in [0.15, 0.2) is 0 Å². The zero-order valence-electron chi connectivity index (χ0n) is 11.9. The number of carbonyl (C=O) groups excluding carboxylic acids is 1. The monoisotopic (exact) mass is 280 g/mol. The molecule has 2 atom stereocenters. The molecule has 2 rings (SSSR count). The van der Waals surface area contributed by atoms with E-state index in [2.05, 4.69) is 19.2 Å². The van der Waals surface area contributed by atoms with Crippen LogP contribution < -0.4 is 11.1 Å². The molecule has 3 nitrogen and oxygen atoms in total. The number of hydrogen-bond acceptors (Lipinski definition) is 2. The first-order chi connectivity index (χ1) is 8.78. The average Bonchev–Trinajstić information content (AvgIpc) is 2.59. The van der Waals surface area contributed by atoms with Gasteiger partial charge in [-0.25, -0.2) is 0 Å². The van der Waals surface area contributed by atoms with Crippen molar-refractivity contribution in [2.75, 3.05) is 5.32 Å². The maximum atomic E-state index is 12.1. The fraction of sp³-hybridized carbons (Fsp3) is 0.533. The van der Waals surface area contributed by atoms with E-state index in [9.17, 15) is 4.79 Å². The molecule has 4 heteroatoms. The fourth-order valence-electron chi connectivity index (χ4n) is 2.48. The summed E-state index contributed by atoms with van der Waals surface area (Å²) in [5.41, 5.74) is 8.50. The summed E-state index contributed by atoms with van der Waals surface area (Å²) in [6.07, 6.45) is 0.986. The van der Waals surface area contributed by atoms with E-state index in [1.807, 2.05) is 26.0 Å². The Morgan fingerprint density at radius 3 is 2.63 bits per heavy atom. The molecule has 0 saturated carbocycles. The first-order valence-electron chi connectivity index (χ1n) is 6.70. The summed E-state index contributed by atoms with van der Waals surface area (Å²) >= 11 is 6.20. The number of amides is 1. The van der Waals surface area contributed by atoms with Crippen molar-refractivity contribution in [1.29, 1.82) is 0 Å². The molecule has 1 aliphatic heterocycles. The van der Waals surface area contributed by atoms with Gasteiger partial charge in [0, 0.05) is 16.8 Å². The second-order valence-electron chi connectivity index (χ2n) is 5.91. The maximum absolute atomic E-state index is 12.1. The Bertz CT molecular complexity index is 525. The molecule has 1 aromatic rings. The second kappa shape index (κ2) is 4.80. The molecule has 19 heavy (non-hydrogen) atoms. The van der Waals surface area contributed by atoms with Crippen molar-refractivity contribution in [2.24, 2.45) is 11.7 Å². The van der Waals surface area contributed by atoms with Crippen LogP contribution in [0.3, 0.4) is 0 Å². The molecule has 0 fully saturated rings. The lowest BCUT2D eigenvalue weighted by Gasteiger charge is -2.22. The topological polar surface area (TPSA) is 55.1 Å². The minimum Gasteiger partial charge on any atom is -0.325 e. The van der Waals surface area contributed by atoms with Crippen molar-refractivity contribution in [2.45, 2.75) is 45.6 Å². The number of rotatable bonds is 3. The highest BCUT2D eigenvalue weighted by Crippen LogP contribution is 2.43. The van der Waals surface area contributed by atoms with E-state index < -0.39 is 5.41 Å². The van der Waals surface area contributed by atoms with Gasteiger partial charge in [0.2, 0.25) is 5.91 Å². The second-order valence-corrected chi connectivity index (χ2v) is 6.34. The maximum Gasteiger partial charge on any atom is 0.234 e. The lowest BCUT2D eigenvalue weighted by atomic mass is 9.83. The summed E-state index contributed by atoms with van der Waals surface area (Å²) in [6.45, 7) is 8.03. The Balaban J connectivity index is 2.58. The highest BCUT2D eigenvalue weighted by Gasteiger charge is 2.40. The van der Waals surface area contributed by atoms with Gasteiger partial charge in [0.25, 0.3) is 0 Å². The number of fused-ring (bicyclic) bond motifs is 1. The molecule has 0 aliphatic carbocycles. The van der Waals surface area contributed by atoms with Crippen LogP contribution in [0.1, 0.15) is 51.3 Å². The number of nitrogens with one attached hydrogen (secondary N) is 1. The van der Waals surface area contributed by atoms with Crippen LogP contribution in [0.2, 0.25) is 5.02 Å². The first-order valence-corrected chi connectivity index (χ1v) is 7.07. The summed E-state index contributed by atoms with van der Waals surface area (Å²) in [5, 5.41) is 3.60. The number of carbonyl (C=O) groups is 1. The van der Waals surface area contributed by atoms with Gasteiger partial charge < -0.3 is 11.1 Å². The van der Waals surface area contributed by atoms with Crippen molar-refractivity contribution in [3.8, 4) is 0 Å². The van der Waals surface area contributed by atoms with Gasteiger partial charge in [-0.1, -0.05) is 31.9 Å². The normalized spacial score (nSPS) is 19.8. The molecule has 1 heterocycles. The molecular formula is C15H21ClN2O. The molecule has 1 aromatic carbocycles. The summed E-state index contributed by atoms with van der Waals surface area (Å²) in [4.78, 5) is 12.1. The molecule has 0 radical (unpaired) electrons. The molecule has 0 spiro atoms. The van der Waals surface area contributed by atoms with Gasteiger partial charge in [-0.15, -0.1) is 0 Å². The van der Waals surface area contributed by atoms with Crippen LogP contribution in [0.5, 0.6) is 0 Å². The third-order valence-electron chi connectivity index (χ3n) is 4.23. The quantitative estimate of drug-likeness (QED) is 0.888. The third-order valence-corrected chi connectivity index (χ3v) is 4.45. The van der Waals surface area contributed by atoms with Crippen LogP contribution >= 0.6 is 11.6 Å². The van der Waals surface area contributed by atoms with Crippen LogP contribution in [-0.2, 0) is 10.2 Å². The highest BCUT2D eigenvalue weighted by atomic mass is 35.5. The predicted molar refractivity (Wildman–Crippen MR) is 79.5 cm³/mol. The van der Waals surface area contributed by atoms with E-state index in [1.54, 1.807) is 0 Å². The van der Waals surface area contributed by atoms with Crippen molar-refractivity contribution < 1.29 is 4.79 Å². The van der Waals surface area contributed by atoms with Crippen molar-refractivity contribution in [3.05, 3.63) is 28.3 Å². The lowest BCUT2D eigenvalue weighted by Crippen LogP contribution is -2.26. The first kappa shape index (κ1) is 14.4. The largest absolute Gasteiger partial charge is 0.325 e. The summed E-state index contributed by atoms with van der Waals surface area (Å²) in [5.74, 6) is 0.338. The Kier molecular flexibility index (Phi) is 3.63. The molecule has 0 bridgehead atoms. The van der Waals surface area contributed by atoms with Crippen molar-refractivity contribution in [1.82, 2.24) is 0 Å². The van der Waals surface area contributed by atoms with Crippen LogP contribution in [0.4, 0.5) is 5.69 Å². The molecule has 1 amide bonds. The predicted octanol–water partition coefficient (Wildman–Crippen LogP) is 3.62. The van der Waals surface area contributed by atoms with Gasteiger partial charge in [0.1, 0.15) is 0 Å². The van der Waals surface area contributed by atoms with E-state index >= 15 is 0 Å². The summed E-state index contributed by atoms with van der Waals surface area (Å²) < 4.78 is 0. The molecular weight excluding hydrogens is 260 g/mol. The molecule has 1 aliphatic rings. The summed E-state index contributed by atoms with van der Waals surface area (Å²) in [6, 6.07) is 3.62. The molecule has 0 aromatic heterocycles. The van der Waals surface area contributed by atoms with E-state index in [0.717, 1.165) is 23.2 Å². The minimum atomic E-state index is -0.551. The number of halogens is 1. The van der Waals surface area contributed by atoms with Gasteiger partial charge in [-0.05, 0) is 43.0 Å². The fourth-order valence-corrected chi connectivity index (χ4v) is 2.70. The van der Waals surface area contributed by atoms with Crippen LogP contribution in [0.25, 0.3) is 0 Å². The van der Waals surface area contributed by atoms with E-state index in [4.69, 9.17) is 17.3 Å². The molecule has 2 unspecified atom stereocenters. The van der Waals surface area contributed by atoms with Gasteiger partial charge >= 0.3 is 0 Å². The van der Waals surface area contributed by atoms with Gasteiger partial charge in [-0.3, -0.25) is 4.79 Å². The van der Waals surface area contributed by atoms with Crippen molar-refractivity contribution >= 4 is 23.2 Å². The third kappa shape index (κ3) is 2.26. The SMILES string of the molecule is CCC(C)C(N)c1cc(Cl)cc2c1NC(=O)C2(C)C. The summed E-state index contributed by atoms with van der Waals surface area (Å²) in [7, 11) is 0. The van der Waals surface area contributed by atoms with E-state index in [0.29, 0.717) is 10.9 Å². The van der Waals surface area contributed by atoms with Crippen molar-refractivity contribution in [3.63, 3.8) is 0 Å².